The van der Waals surface area contributed by atoms with Crippen LogP contribution in [-0.2, 0) is 0 Å². The summed E-state index contributed by atoms with van der Waals surface area (Å²) in [6.45, 7) is 2.04. The summed E-state index contributed by atoms with van der Waals surface area (Å²) < 4.78 is 13.2. The van der Waals surface area contributed by atoms with E-state index in [1.165, 1.54) is 23.8 Å². The number of anilines is 1. The SMILES string of the molecule is Cc1ccnc(NC2CCC(NC(=O)c3ccc(F)c(Cl)c3)CC2)c1. The van der Waals surface area contributed by atoms with Crippen molar-refractivity contribution in [3.8, 4) is 0 Å². The number of nitrogens with zero attached hydrogens (tertiary/aromatic N) is 1. The van der Waals surface area contributed by atoms with Crippen LogP contribution < -0.4 is 10.6 Å². The van der Waals surface area contributed by atoms with E-state index in [1.807, 2.05) is 19.1 Å². The number of amides is 1. The maximum absolute atomic E-state index is 13.2. The number of hydrogen-bond donors (Lipinski definition) is 2. The molecular weight excluding hydrogens is 341 g/mol. The molecule has 1 aliphatic rings. The Kier molecular flexibility index (Phi) is 5.53. The summed E-state index contributed by atoms with van der Waals surface area (Å²) in [5, 5.41) is 6.43. The van der Waals surface area contributed by atoms with Crippen LogP contribution in [0.2, 0.25) is 5.02 Å². The van der Waals surface area contributed by atoms with Gasteiger partial charge in [0.1, 0.15) is 11.6 Å². The molecule has 1 aliphatic carbocycles. The second-order valence-electron chi connectivity index (χ2n) is 6.51. The van der Waals surface area contributed by atoms with Gasteiger partial charge in [0.15, 0.2) is 0 Å². The van der Waals surface area contributed by atoms with Crippen molar-refractivity contribution in [3.05, 3.63) is 58.5 Å². The Labute approximate surface area is 151 Å². The first kappa shape index (κ1) is 17.7. The summed E-state index contributed by atoms with van der Waals surface area (Å²) in [6, 6.07) is 8.52. The smallest absolute Gasteiger partial charge is 0.251 e. The number of hydrogen-bond acceptors (Lipinski definition) is 3. The van der Waals surface area contributed by atoms with E-state index in [2.05, 4.69) is 15.6 Å². The van der Waals surface area contributed by atoms with Gasteiger partial charge in [0, 0.05) is 23.8 Å². The molecule has 2 N–H and O–H groups in total. The van der Waals surface area contributed by atoms with Crippen molar-refractivity contribution in [1.29, 1.82) is 0 Å². The van der Waals surface area contributed by atoms with E-state index in [0.29, 0.717) is 11.6 Å². The predicted molar refractivity (Wildman–Crippen MR) is 97.5 cm³/mol. The average molecular weight is 362 g/mol. The number of pyridine rings is 1. The lowest BCUT2D eigenvalue weighted by Gasteiger charge is -2.30. The Morgan fingerprint density at radius 1 is 1.16 bits per heavy atom. The van der Waals surface area contributed by atoms with Gasteiger partial charge in [-0.3, -0.25) is 4.79 Å². The van der Waals surface area contributed by atoms with Gasteiger partial charge in [-0.1, -0.05) is 11.6 Å². The van der Waals surface area contributed by atoms with Crippen LogP contribution in [0.1, 0.15) is 41.6 Å². The summed E-state index contributed by atoms with van der Waals surface area (Å²) in [6.07, 6.45) is 5.52. The summed E-state index contributed by atoms with van der Waals surface area (Å²) >= 11 is 5.74. The third-order valence-electron chi connectivity index (χ3n) is 4.51. The van der Waals surface area contributed by atoms with Crippen LogP contribution in [0.5, 0.6) is 0 Å². The Bertz CT molecular complexity index is 760. The maximum atomic E-state index is 13.2. The molecule has 1 aromatic carbocycles. The molecule has 0 unspecified atom stereocenters. The zero-order valence-electron chi connectivity index (χ0n) is 14.1. The van der Waals surface area contributed by atoms with Crippen LogP contribution in [0.3, 0.4) is 0 Å². The summed E-state index contributed by atoms with van der Waals surface area (Å²) in [7, 11) is 0. The Morgan fingerprint density at radius 3 is 2.56 bits per heavy atom. The van der Waals surface area contributed by atoms with Crippen molar-refractivity contribution in [2.24, 2.45) is 0 Å². The second kappa shape index (κ2) is 7.83. The van der Waals surface area contributed by atoms with Gasteiger partial charge in [-0.05, 0) is 68.5 Å². The Morgan fingerprint density at radius 2 is 1.88 bits per heavy atom. The highest BCUT2D eigenvalue weighted by molar-refractivity contribution is 6.31. The van der Waals surface area contributed by atoms with Crippen LogP contribution in [-0.4, -0.2) is 23.0 Å². The monoisotopic (exact) mass is 361 g/mol. The third kappa shape index (κ3) is 4.69. The summed E-state index contributed by atoms with van der Waals surface area (Å²) in [4.78, 5) is 16.6. The van der Waals surface area contributed by atoms with Gasteiger partial charge in [-0.15, -0.1) is 0 Å². The fraction of sp³-hybridized carbons (Fsp3) is 0.368. The van der Waals surface area contributed by atoms with Gasteiger partial charge in [-0.2, -0.15) is 0 Å². The number of benzene rings is 1. The molecule has 3 rings (SSSR count). The van der Waals surface area contributed by atoms with Gasteiger partial charge in [0.25, 0.3) is 5.91 Å². The van der Waals surface area contributed by atoms with Crippen LogP contribution in [0.4, 0.5) is 10.2 Å². The van der Waals surface area contributed by atoms with E-state index in [9.17, 15) is 9.18 Å². The van der Waals surface area contributed by atoms with Gasteiger partial charge in [0.05, 0.1) is 5.02 Å². The molecule has 2 aromatic rings. The summed E-state index contributed by atoms with van der Waals surface area (Å²) in [5.41, 5.74) is 1.56. The summed E-state index contributed by atoms with van der Waals surface area (Å²) in [5.74, 6) is 0.168. The highest BCUT2D eigenvalue weighted by Crippen LogP contribution is 2.23. The molecule has 25 heavy (non-hydrogen) atoms. The molecule has 6 heteroatoms. The van der Waals surface area contributed by atoms with Crippen molar-refractivity contribution in [3.63, 3.8) is 0 Å². The fourth-order valence-electron chi connectivity index (χ4n) is 3.11. The molecule has 0 aliphatic heterocycles. The minimum Gasteiger partial charge on any atom is -0.367 e. The maximum Gasteiger partial charge on any atom is 0.251 e. The van der Waals surface area contributed by atoms with E-state index in [4.69, 9.17) is 11.6 Å². The number of carbonyl (C=O) groups is 1. The second-order valence-corrected chi connectivity index (χ2v) is 6.92. The molecule has 132 valence electrons. The lowest BCUT2D eigenvalue weighted by molar-refractivity contribution is 0.0926. The topological polar surface area (TPSA) is 54.0 Å². The molecule has 0 atom stereocenters. The molecule has 0 bridgehead atoms. The fourth-order valence-corrected chi connectivity index (χ4v) is 3.29. The van der Waals surface area contributed by atoms with Crippen molar-refractivity contribution in [2.45, 2.75) is 44.7 Å². The highest BCUT2D eigenvalue weighted by Gasteiger charge is 2.23. The Balaban J connectivity index is 1.50. The number of rotatable bonds is 4. The van der Waals surface area contributed by atoms with Gasteiger partial charge in [0.2, 0.25) is 0 Å². The van der Waals surface area contributed by atoms with Crippen molar-refractivity contribution >= 4 is 23.3 Å². The van der Waals surface area contributed by atoms with E-state index in [-0.39, 0.29) is 17.0 Å². The number of aromatic nitrogens is 1. The largest absolute Gasteiger partial charge is 0.367 e. The third-order valence-corrected chi connectivity index (χ3v) is 4.80. The number of aryl methyl sites for hydroxylation is 1. The zero-order valence-corrected chi connectivity index (χ0v) is 14.8. The minimum absolute atomic E-state index is 0.0359. The minimum atomic E-state index is -0.519. The average Bonchev–Trinajstić information content (AvgIpc) is 2.59. The first-order chi connectivity index (χ1) is 12.0. The first-order valence-electron chi connectivity index (χ1n) is 8.46. The van der Waals surface area contributed by atoms with Gasteiger partial charge < -0.3 is 10.6 Å². The molecule has 0 radical (unpaired) electrons. The molecule has 0 saturated heterocycles. The number of nitrogens with one attached hydrogen (secondary N) is 2. The van der Waals surface area contributed by atoms with E-state index >= 15 is 0 Å². The lowest BCUT2D eigenvalue weighted by Crippen LogP contribution is -2.40. The first-order valence-corrected chi connectivity index (χ1v) is 8.84. The molecule has 1 aromatic heterocycles. The quantitative estimate of drug-likeness (QED) is 0.851. The van der Waals surface area contributed by atoms with E-state index in [0.717, 1.165) is 31.5 Å². The predicted octanol–water partition coefficient (Wildman–Crippen LogP) is 4.34. The van der Waals surface area contributed by atoms with Crippen LogP contribution in [0.25, 0.3) is 0 Å². The van der Waals surface area contributed by atoms with Gasteiger partial charge >= 0.3 is 0 Å². The molecule has 4 nitrogen and oxygen atoms in total. The van der Waals surface area contributed by atoms with Crippen molar-refractivity contribution in [2.75, 3.05) is 5.32 Å². The standard InChI is InChI=1S/C19H21ClFN3O/c1-12-8-9-22-18(10-12)23-14-3-5-15(6-4-14)24-19(25)13-2-7-17(21)16(20)11-13/h2,7-11,14-15H,3-6H2,1H3,(H,22,23)(H,24,25). The molecule has 0 spiro atoms. The molecule has 1 heterocycles. The van der Waals surface area contributed by atoms with E-state index in [1.54, 1.807) is 6.20 Å². The van der Waals surface area contributed by atoms with Crippen LogP contribution in [0.15, 0.2) is 36.5 Å². The highest BCUT2D eigenvalue weighted by atomic mass is 35.5. The molecule has 1 fully saturated rings. The number of halogens is 2. The van der Waals surface area contributed by atoms with E-state index < -0.39 is 5.82 Å². The van der Waals surface area contributed by atoms with Crippen molar-refractivity contribution in [1.82, 2.24) is 10.3 Å². The molecular formula is C19H21ClFN3O. The van der Waals surface area contributed by atoms with Crippen molar-refractivity contribution < 1.29 is 9.18 Å². The Hall–Kier alpha value is -2.14. The van der Waals surface area contributed by atoms with Crippen LogP contribution >= 0.6 is 11.6 Å². The lowest BCUT2D eigenvalue weighted by atomic mass is 9.91. The van der Waals surface area contributed by atoms with Crippen LogP contribution in [0, 0.1) is 12.7 Å². The normalized spacial score (nSPS) is 20.1. The molecule has 1 saturated carbocycles. The molecule has 1 amide bonds. The zero-order chi connectivity index (χ0) is 17.8. The van der Waals surface area contributed by atoms with Gasteiger partial charge in [-0.25, -0.2) is 9.37 Å². The number of carbonyl (C=O) groups excluding carboxylic acids is 1.